The first kappa shape index (κ1) is 34.7. The number of hydrogen-bond acceptors (Lipinski definition) is 3. The third kappa shape index (κ3) is 6.20. The number of benzene rings is 1. The maximum Gasteiger partial charge on any atom is 0.462 e. The van der Waals surface area contributed by atoms with Gasteiger partial charge in [0.25, 0.3) is 6.36 Å². The van der Waals surface area contributed by atoms with Gasteiger partial charge in [-0.3, -0.25) is 9.47 Å². The summed E-state index contributed by atoms with van der Waals surface area (Å²) < 4.78 is 279. The molecule has 0 N–H and O–H groups in total. The van der Waals surface area contributed by atoms with Gasteiger partial charge in [0, 0.05) is 0 Å². The summed E-state index contributed by atoms with van der Waals surface area (Å²) in [5.74, 6) is -30.4. The molecule has 0 aliphatic heterocycles. The van der Waals surface area contributed by atoms with E-state index in [1.807, 2.05) is 4.74 Å². The van der Waals surface area contributed by atoms with Crippen LogP contribution >= 0.6 is 0 Å². The molecule has 1 aromatic rings. The van der Waals surface area contributed by atoms with Crippen LogP contribution in [0.1, 0.15) is 5.56 Å². The second-order valence-corrected chi connectivity index (χ2v) is 6.63. The molecule has 0 spiro atoms. The molecule has 3 nitrogen and oxygen atoms in total. The van der Waals surface area contributed by atoms with Crippen molar-refractivity contribution in [2.75, 3.05) is 0 Å². The standard InChI is InChI=1S/C15H3F21O3/c16-3-2(4(17)6(19)7(20)5(3)18)1-37-9(22,23)8(21)38-15(35,36)11(26,13(30,31)32)39-14(33,34)10(24,25)12(27,28)29/h8H,1H2. The Labute approximate surface area is 198 Å². The lowest BCUT2D eigenvalue weighted by Gasteiger charge is -2.38. The van der Waals surface area contributed by atoms with Gasteiger partial charge in [0.05, 0.1) is 12.2 Å². The van der Waals surface area contributed by atoms with Gasteiger partial charge >= 0.3 is 42.5 Å². The van der Waals surface area contributed by atoms with Crippen molar-refractivity contribution in [1.82, 2.24) is 0 Å². The van der Waals surface area contributed by atoms with Crippen molar-refractivity contribution < 1.29 is 106 Å². The van der Waals surface area contributed by atoms with Crippen LogP contribution in [0.4, 0.5) is 92.2 Å². The lowest BCUT2D eigenvalue weighted by Crippen LogP contribution is -2.66. The maximum atomic E-state index is 13.8. The van der Waals surface area contributed by atoms with E-state index < -0.39 is 90.1 Å². The molecule has 0 bridgehead atoms. The molecule has 0 saturated carbocycles. The van der Waals surface area contributed by atoms with Gasteiger partial charge in [-0.2, -0.15) is 65.9 Å². The van der Waals surface area contributed by atoms with Crippen molar-refractivity contribution in [3.8, 4) is 0 Å². The van der Waals surface area contributed by atoms with Crippen molar-refractivity contribution in [2.24, 2.45) is 0 Å². The second-order valence-electron chi connectivity index (χ2n) is 6.63. The molecule has 0 heterocycles. The minimum absolute atomic E-state index is 1.32. The first-order chi connectivity index (χ1) is 17.0. The summed E-state index contributed by atoms with van der Waals surface area (Å²) >= 11 is 0. The minimum atomic E-state index is -7.99. The smallest absolute Gasteiger partial charge is 0.311 e. The average molecular weight is 630 g/mol. The molecule has 0 amide bonds. The van der Waals surface area contributed by atoms with Gasteiger partial charge in [0.1, 0.15) is 0 Å². The minimum Gasteiger partial charge on any atom is -0.311 e. The van der Waals surface area contributed by atoms with Gasteiger partial charge in [0.2, 0.25) is 5.82 Å². The fraction of sp³-hybridized carbons (Fsp3) is 0.600. The normalized spacial score (nSPS) is 16.8. The molecule has 1 rings (SSSR count). The topological polar surface area (TPSA) is 27.7 Å². The molecule has 0 aliphatic carbocycles. The Hall–Kier alpha value is -2.37. The quantitative estimate of drug-likeness (QED) is 0.153. The van der Waals surface area contributed by atoms with Crippen molar-refractivity contribution >= 4 is 0 Å². The SMILES string of the molecule is Fc1c(F)c(F)c(COC(F)(F)C(F)OC(F)(F)C(F)(OC(F)(F)C(F)(F)C(F)(F)F)C(F)(F)F)c(F)c1F. The number of halogens is 21. The second kappa shape index (κ2) is 10.2. The molecule has 0 aliphatic rings. The highest BCUT2D eigenvalue weighted by Gasteiger charge is 2.84. The van der Waals surface area contributed by atoms with Crippen molar-refractivity contribution in [2.45, 2.75) is 55.4 Å². The molecular weight excluding hydrogens is 627 g/mol. The molecule has 0 radical (unpaired) electrons. The van der Waals surface area contributed by atoms with Gasteiger partial charge in [-0.25, -0.2) is 26.3 Å². The van der Waals surface area contributed by atoms with Gasteiger partial charge in [-0.1, -0.05) is 0 Å². The summed E-state index contributed by atoms with van der Waals surface area (Å²) in [5, 5.41) is 0. The van der Waals surface area contributed by atoms with E-state index in [0.29, 0.717) is 0 Å². The highest BCUT2D eigenvalue weighted by atomic mass is 19.4. The van der Waals surface area contributed by atoms with E-state index in [9.17, 15) is 92.2 Å². The predicted molar refractivity (Wildman–Crippen MR) is 73.8 cm³/mol. The summed E-state index contributed by atoms with van der Waals surface area (Å²) in [6, 6.07) is 0. The van der Waals surface area contributed by atoms with Crippen LogP contribution in [0, 0.1) is 29.1 Å². The van der Waals surface area contributed by atoms with E-state index in [1.165, 1.54) is 4.74 Å². The Morgan fingerprint density at radius 2 is 0.923 bits per heavy atom. The molecule has 1 aromatic carbocycles. The fourth-order valence-corrected chi connectivity index (χ4v) is 1.97. The van der Waals surface area contributed by atoms with Crippen LogP contribution in [0.25, 0.3) is 0 Å². The highest BCUT2D eigenvalue weighted by Crippen LogP contribution is 2.55. The van der Waals surface area contributed by atoms with E-state index in [4.69, 9.17) is 0 Å². The molecule has 39 heavy (non-hydrogen) atoms. The summed E-state index contributed by atoms with van der Waals surface area (Å²) in [7, 11) is 0. The Morgan fingerprint density at radius 3 is 1.28 bits per heavy atom. The maximum absolute atomic E-state index is 13.8. The van der Waals surface area contributed by atoms with Crippen LogP contribution in [0.3, 0.4) is 0 Å². The van der Waals surface area contributed by atoms with Crippen molar-refractivity contribution in [3.05, 3.63) is 34.6 Å². The van der Waals surface area contributed by atoms with Crippen molar-refractivity contribution in [1.29, 1.82) is 0 Å². The van der Waals surface area contributed by atoms with E-state index >= 15 is 0 Å². The van der Waals surface area contributed by atoms with Gasteiger partial charge in [-0.05, 0) is 0 Å². The zero-order valence-electron chi connectivity index (χ0n) is 16.9. The monoisotopic (exact) mass is 630 g/mol. The first-order valence-corrected chi connectivity index (χ1v) is 8.48. The summed E-state index contributed by atoms with van der Waals surface area (Å²) in [4.78, 5) is 0. The number of hydrogen-bond donors (Lipinski definition) is 0. The van der Waals surface area contributed by atoms with E-state index in [-0.39, 0.29) is 0 Å². The van der Waals surface area contributed by atoms with Crippen LogP contribution < -0.4 is 0 Å². The molecule has 228 valence electrons. The van der Waals surface area contributed by atoms with E-state index in [0.717, 1.165) is 0 Å². The molecule has 2 atom stereocenters. The number of rotatable bonds is 10. The summed E-state index contributed by atoms with van der Waals surface area (Å²) in [6.45, 7) is -2.72. The third-order valence-electron chi connectivity index (χ3n) is 3.95. The average Bonchev–Trinajstić information content (AvgIpc) is 2.73. The molecule has 0 saturated heterocycles. The Balaban J connectivity index is 3.35. The zero-order valence-corrected chi connectivity index (χ0v) is 16.9. The third-order valence-corrected chi connectivity index (χ3v) is 3.95. The Bertz CT molecular complexity index is 1020. The molecule has 0 fully saturated rings. The molecule has 24 heteroatoms. The Morgan fingerprint density at radius 1 is 0.538 bits per heavy atom. The zero-order chi connectivity index (χ0) is 31.4. The van der Waals surface area contributed by atoms with Gasteiger partial charge in [-0.15, -0.1) is 0 Å². The number of alkyl halides is 16. The van der Waals surface area contributed by atoms with Crippen LogP contribution in [0.2, 0.25) is 0 Å². The first-order valence-electron chi connectivity index (χ1n) is 8.48. The lowest BCUT2D eigenvalue weighted by atomic mass is 10.2. The fourth-order valence-electron chi connectivity index (χ4n) is 1.97. The van der Waals surface area contributed by atoms with Crippen LogP contribution in [-0.4, -0.2) is 48.8 Å². The Kier molecular flexibility index (Phi) is 9.09. The lowest BCUT2D eigenvalue weighted by molar-refractivity contribution is -0.545. The predicted octanol–water partition coefficient (Wildman–Crippen LogP) is 7.43. The largest absolute Gasteiger partial charge is 0.462 e. The van der Waals surface area contributed by atoms with E-state index in [1.54, 1.807) is 0 Å². The molecule has 2 unspecified atom stereocenters. The van der Waals surface area contributed by atoms with Crippen molar-refractivity contribution in [3.63, 3.8) is 0 Å². The summed E-state index contributed by atoms with van der Waals surface area (Å²) in [5.41, 5.74) is -2.41. The van der Waals surface area contributed by atoms with Crippen LogP contribution in [-0.2, 0) is 20.8 Å². The van der Waals surface area contributed by atoms with Gasteiger partial charge < -0.3 is 4.74 Å². The van der Waals surface area contributed by atoms with Gasteiger partial charge in [0.15, 0.2) is 23.3 Å². The highest BCUT2D eigenvalue weighted by molar-refractivity contribution is 5.23. The summed E-state index contributed by atoms with van der Waals surface area (Å²) in [6.07, 6.45) is -43.2. The van der Waals surface area contributed by atoms with Crippen LogP contribution in [0.5, 0.6) is 0 Å². The van der Waals surface area contributed by atoms with Crippen LogP contribution in [0.15, 0.2) is 0 Å². The number of ether oxygens (including phenoxy) is 3. The van der Waals surface area contributed by atoms with E-state index in [2.05, 4.69) is 4.74 Å². The molecule has 0 aromatic heterocycles. The molecular formula is C15H3F21O3.